The summed E-state index contributed by atoms with van der Waals surface area (Å²) in [6.45, 7) is 2.12. The van der Waals surface area contributed by atoms with Crippen LogP contribution in [-0.4, -0.2) is 18.5 Å². The van der Waals surface area contributed by atoms with Crippen molar-refractivity contribution in [3.8, 4) is 0 Å². The molecule has 13 heavy (non-hydrogen) atoms. The smallest absolute Gasteiger partial charge is 0.168 e. The summed E-state index contributed by atoms with van der Waals surface area (Å²) in [5, 5.41) is 0. The van der Waals surface area contributed by atoms with Gasteiger partial charge in [0.05, 0.1) is 0 Å². The van der Waals surface area contributed by atoms with Crippen molar-refractivity contribution in [1.29, 1.82) is 0 Å². The Balaban J connectivity index is 2.42. The van der Waals surface area contributed by atoms with Crippen LogP contribution in [0, 0.1) is 5.92 Å². The Morgan fingerprint density at radius 2 is 2.31 bits per heavy atom. The second-order valence-corrected chi connectivity index (χ2v) is 4.18. The predicted octanol–water partition coefficient (Wildman–Crippen LogP) is 2.09. The zero-order valence-electron chi connectivity index (χ0n) is 8.30. The predicted molar refractivity (Wildman–Crippen MR) is 50.5 cm³/mol. The molecule has 2 unspecified atom stereocenters. The van der Waals surface area contributed by atoms with Crippen molar-refractivity contribution < 1.29 is 9.53 Å². The number of ketones is 1. The van der Waals surface area contributed by atoms with E-state index in [1.807, 2.05) is 0 Å². The molecular formula is C11H16O2. The molecule has 3 aliphatic rings. The van der Waals surface area contributed by atoms with Crippen LogP contribution < -0.4 is 0 Å². The highest BCUT2D eigenvalue weighted by molar-refractivity contribution is 5.90. The lowest BCUT2D eigenvalue weighted by atomic mass is 9.82. The lowest BCUT2D eigenvalue weighted by molar-refractivity contribution is -0.135. The Morgan fingerprint density at radius 1 is 1.54 bits per heavy atom. The van der Waals surface area contributed by atoms with E-state index in [0.29, 0.717) is 12.3 Å². The van der Waals surface area contributed by atoms with Gasteiger partial charge in [0, 0.05) is 13.5 Å². The first kappa shape index (κ1) is 8.95. The first-order valence-electron chi connectivity index (χ1n) is 4.96. The molecule has 3 aliphatic carbocycles. The van der Waals surface area contributed by atoms with Gasteiger partial charge < -0.3 is 4.74 Å². The molecule has 0 N–H and O–H groups in total. The van der Waals surface area contributed by atoms with Gasteiger partial charge in [-0.1, -0.05) is 5.57 Å². The van der Waals surface area contributed by atoms with Crippen LogP contribution >= 0.6 is 0 Å². The Labute approximate surface area is 79.0 Å². The van der Waals surface area contributed by atoms with E-state index in [1.54, 1.807) is 7.11 Å². The number of carbonyl (C=O) groups excluding carboxylic acids is 1. The van der Waals surface area contributed by atoms with Crippen LogP contribution in [0.5, 0.6) is 0 Å². The van der Waals surface area contributed by atoms with Crippen LogP contribution in [0.15, 0.2) is 11.6 Å². The van der Waals surface area contributed by atoms with E-state index in [4.69, 9.17) is 4.74 Å². The average Bonchev–Trinajstić information content (AvgIpc) is 2.35. The van der Waals surface area contributed by atoms with Gasteiger partial charge in [-0.15, -0.1) is 0 Å². The fraction of sp³-hybridized carbons (Fsp3) is 0.727. The summed E-state index contributed by atoms with van der Waals surface area (Å²) in [5.41, 5.74) is 0.788. The minimum absolute atomic E-state index is 0.273. The van der Waals surface area contributed by atoms with Crippen molar-refractivity contribution in [2.24, 2.45) is 5.92 Å². The fourth-order valence-electron chi connectivity index (χ4n) is 2.56. The van der Waals surface area contributed by atoms with Crippen LogP contribution in [0.25, 0.3) is 0 Å². The summed E-state index contributed by atoms with van der Waals surface area (Å²) in [6.07, 6.45) is 5.75. The number of methoxy groups -OCH3 is 1. The van der Waals surface area contributed by atoms with Crippen molar-refractivity contribution in [1.82, 2.24) is 0 Å². The Bertz CT molecular complexity index is 267. The molecule has 0 aromatic heterocycles. The molecule has 0 amide bonds. The standard InChI is InChI=1S/C11H16O2/c1-8-7-11(13-2)6-5-9(8)3-4-10(11)12/h7,9H,3-6H2,1-2H3. The number of rotatable bonds is 1. The zero-order chi connectivity index (χ0) is 9.47. The van der Waals surface area contributed by atoms with Crippen molar-refractivity contribution in [2.75, 3.05) is 7.11 Å². The topological polar surface area (TPSA) is 26.3 Å². The number of ether oxygens (including phenoxy) is 1. The SMILES string of the molecule is COC12C=C(C)C(CCC1=O)CC2. The van der Waals surface area contributed by atoms with Gasteiger partial charge in [0.25, 0.3) is 0 Å². The molecule has 0 aromatic carbocycles. The van der Waals surface area contributed by atoms with E-state index in [9.17, 15) is 4.79 Å². The van der Waals surface area contributed by atoms with Gasteiger partial charge in [-0.2, -0.15) is 0 Å². The van der Waals surface area contributed by atoms with Crippen LogP contribution in [0.2, 0.25) is 0 Å². The zero-order valence-corrected chi connectivity index (χ0v) is 8.30. The highest BCUT2D eigenvalue weighted by Gasteiger charge is 2.42. The van der Waals surface area contributed by atoms with Gasteiger partial charge in [0.1, 0.15) is 5.60 Å². The molecule has 0 radical (unpaired) electrons. The number of carbonyl (C=O) groups is 1. The fourth-order valence-corrected chi connectivity index (χ4v) is 2.56. The molecule has 0 saturated heterocycles. The Kier molecular flexibility index (Phi) is 2.03. The number of allylic oxidation sites excluding steroid dienone is 1. The van der Waals surface area contributed by atoms with E-state index < -0.39 is 5.60 Å². The number of fused-ring (bicyclic) bond motifs is 3. The summed E-state index contributed by atoms with van der Waals surface area (Å²) < 4.78 is 5.40. The summed E-state index contributed by atoms with van der Waals surface area (Å²) in [7, 11) is 1.65. The molecule has 0 spiro atoms. The lowest BCUT2D eigenvalue weighted by Gasteiger charge is -2.31. The molecule has 2 heteroatoms. The van der Waals surface area contributed by atoms with Crippen LogP contribution in [-0.2, 0) is 9.53 Å². The summed E-state index contributed by atoms with van der Waals surface area (Å²) >= 11 is 0. The van der Waals surface area contributed by atoms with Gasteiger partial charge in [0.15, 0.2) is 5.78 Å². The van der Waals surface area contributed by atoms with Crippen LogP contribution in [0.4, 0.5) is 0 Å². The van der Waals surface area contributed by atoms with Crippen molar-refractivity contribution in [3.63, 3.8) is 0 Å². The van der Waals surface area contributed by atoms with Crippen LogP contribution in [0.1, 0.15) is 32.6 Å². The van der Waals surface area contributed by atoms with Crippen molar-refractivity contribution in [3.05, 3.63) is 11.6 Å². The maximum absolute atomic E-state index is 11.8. The summed E-state index contributed by atoms with van der Waals surface area (Å²) in [4.78, 5) is 11.8. The lowest BCUT2D eigenvalue weighted by Crippen LogP contribution is -2.39. The molecule has 2 atom stereocenters. The summed E-state index contributed by atoms with van der Waals surface area (Å²) in [5.74, 6) is 0.907. The highest BCUT2D eigenvalue weighted by Crippen LogP contribution is 2.40. The maximum atomic E-state index is 11.8. The largest absolute Gasteiger partial charge is 0.366 e. The quantitative estimate of drug-likeness (QED) is 0.577. The van der Waals surface area contributed by atoms with E-state index in [1.165, 1.54) is 5.57 Å². The van der Waals surface area contributed by atoms with Gasteiger partial charge in [0.2, 0.25) is 0 Å². The van der Waals surface area contributed by atoms with Crippen LogP contribution in [0.3, 0.4) is 0 Å². The average molecular weight is 180 g/mol. The molecule has 72 valence electrons. The Morgan fingerprint density at radius 3 is 2.92 bits per heavy atom. The molecule has 0 aliphatic heterocycles. The first-order valence-corrected chi connectivity index (χ1v) is 4.96. The molecule has 1 fully saturated rings. The molecule has 2 bridgehead atoms. The first-order chi connectivity index (χ1) is 6.18. The van der Waals surface area contributed by atoms with Gasteiger partial charge in [-0.3, -0.25) is 4.79 Å². The molecule has 0 aromatic rings. The third-order valence-electron chi connectivity index (χ3n) is 3.53. The third kappa shape index (κ3) is 1.24. The normalized spacial score (nSPS) is 38.8. The Hall–Kier alpha value is -0.630. The van der Waals surface area contributed by atoms with Gasteiger partial charge in [-0.05, 0) is 38.2 Å². The second kappa shape index (κ2) is 2.95. The number of hydrogen-bond acceptors (Lipinski definition) is 2. The van der Waals surface area contributed by atoms with Crippen molar-refractivity contribution in [2.45, 2.75) is 38.2 Å². The van der Waals surface area contributed by atoms with E-state index in [-0.39, 0.29) is 5.78 Å². The van der Waals surface area contributed by atoms with E-state index in [2.05, 4.69) is 13.0 Å². The van der Waals surface area contributed by atoms with Crippen molar-refractivity contribution >= 4 is 5.78 Å². The molecule has 0 heterocycles. The van der Waals surface area contributed by atoms with Gasteiger partial charge in [-0.25, -0.2) is 0 Å². The van der Waals surface area contributed by atoms with Gasteiger partial charge >= 0.3 is 0 Å². The minimum Gasteiger partial charge on any atom is -0.366 e. The second-order valence-electron chi connectivity index (χ2n) is 4.18. The third-order valence-corrected chi connectivity index (χ3v) is 3.53. The number of Topliss-reactive ketones (excluding diaryl/α,β-unsaturated/α-hetero) is 1. The van der Waals surface area contributed by atoms with E-state index >= 15 is 0 Å². The minimum atomic E-state index is -0.558. The molecular weight excluding hydrogens is 164 g/mol. The highest BCUT2D eigenvalue weighted by atomic mass is 16.5. The number of hydrogen-bond donors (Lipinski definition) is 0. The monoisotopic (exact) mass is 180 g/mol. The molecule has 2 nitrogen and oxygen atoms in total. The molecule has 3 rings (SSSR count). The maximum Gasteiger partial charge on any atom is 0.168 e. The van der Waals surface area contributed by atoms with E-state index in [0.717, 1.165) is 19.3 Å². The summed E-state index contributed by atoms with van der Waals surface area (Å²) in [6, 6.07) is 0. The molecule has 1 saturated carbocycles.